The molecule has 7 aromatic carbocycles. The summed E-state index contributed by atoms with van der Waals surface area (Å²) >= 11 is 1.92. The van der Waals surface area contributed by atoms with Crippen molar-refractivity contribution in [1.29, 1.82) is 0 Å². The van der Waals surface area contributed by atoms with Crippen molar-refractivity contribution in [1.82, 2.24) is 0 Å². The SMILES string of the molecule is CC1(c2ccccc2)c2cc(-c3ccc4cccc5c4c3Sc3ccccc3-5)ccc2-c2c1ccc1ccccc21. The standard InChI is InChI=1S/C40H26S/c1-40(28-12-3-2-4-13-28)34-23-20-25-10-5-6-14-29(25)38(34)33-22-19-27(24-35(33)40)30-21-18-26-11-9-16-32-31-15-7-8-17-36(31)41-39(30)37(26)32/h2-24H,1H3. The normalized spacial score (nSPS) is 16.4. The highest BCUT2D eigenvalue weighted by Crippen LogP contribution is 2.56. The van der Waals surface area contributed by atoms with Gasteiger partial charge in [-0.3, -0.25) is 0 Å². The number of benzene rings is 7. The average molecular weight is 539 g/mol. The lowest BCUT2D eigenvalue weighted by Crippen LogP contribution is -2.22. The van der Waals surface area contributed by atoms with Crippen LogP contribution in [0.5, 0.6) is 0 Å². The Morgan fingerprint density at radius 3 is 2.17 bits per heavy atom. The summed E-state index contributed by atoms with van der Waals surface area (Å²) in [5, 5.41) is 5.29. The Kier molecular flexibility index (Phi) is 4.77. The summed E-state index contributed by atoms with van der Waals surface area (Å²) in [5.74, 6) is 0. The van der Waals surface area contributed by atoms with Gasteiger partial charge in [0, 0.05) is 20.6 Å². The Morgan fingerprint density at radius 1 is 0.512 bits per heavy atom. The topological polar surface area (TPSA) is 0 Å². The van der Waals surface area contributed by atoms with Gasteiger partial charge in [0.2, 0.25) is 0 Å². The first-order valence-electron chi connectivity index (χ1n) is 14.3. The van der Waals surface area contributed by atoms with Crippen molar-refractivity contribution < 1.29 is 0 Å². The van der Waals surface area contributed by atoms with Gasteiger partial charge in [0.05, 0.1) is 0 Å². The second-order valence-electron chi connectivity index (χ2n) is 11.4. The lowest BCUT2D eigenvalue weighted by molar-refractivity contribution is 0.714. The van der Waals surface area contributed by atoms with Gasteiger partial charge in [0.25, 0.3) is 0 Å². The van der Waals surface area contributed by atoms with Crippen molar-refractivity contribution in [3.63, 3.8) is 0 Å². The molecule has 1 aliphatic heterocycles. The molecule has 0 N–H and O–H groups in total. The fourth-order valence-electron chi connectivity index (χ4n) is 7.34. The molecule has 41 heavy (non-hydrogen) atoms. The molecule has 9 rings (SSSR count). The van der Waals surface area contributed by atoms with Crippen LogP contribution in [-0.2, 0) is 5.41 Å². The van der Waals surface area contributed by atoms with E-state index in [1.165, 1.54) is 81.4 Å². The van der Waals surface area contributed by atoms with Crippen molar-refractivity contribution in [2.24, 2.45) is 0 Å². The van der Waals surface area contributed by atoms with Crippen molar-refractivity contribution in [3.05, 3.63) is 156 Å². The molecular weight excluding hydrogens is 513 g/mol. The summed E-state index contributed by atoms with van der Waals surface area (Å²) in [7, 11) is 0. The molecule has 0 aromatic heterocycles. The van der Waals surface area contributed by atoms with Crippen LogP contribution in [0.1, 0.15) is 23.6 Å². The minimum absolute atomic E-state index is 0.245. The summed E-state index contributed by atoms with van der Waals surface area (Å²) in [6.45, 7) is 2.42. The summed E-state index contributed by atoms with van der Waals surface area (Å²) in [6.07, 6.45) is 0. The van der Waals surface area contributed by atoms with E-state index in [-0.39, 0.29) is 5.41 Å². The van der Waals surface area contributed by atoms with Gasteiger partial charge in [-0.1, -0.05) is 139 Å². The molecule has 2 aliphatic rings. The number of hydrogen-bond acceptors (Lipinski definition) is 1. The molecule has 0 spiro atoms. The molecule has 0 radical (unpaired) electrons. The van der Waals surface area contributed by atoms with Crippen LogP contribution in [0.2, 0.25) is 0 Å². The van der Waals surface area contributed by atoms with E-state index in [1.807, 2.05) is 11.8 Å². The van der Waals surface area contributed by atoms with Gasteiger partial charge in [0.15, 0.2) is 0 Å². The van der Waals surface area contributed by atoms with Gasteiger partial charge in [-0.05, 0) is 85.3 Å². The molecule has 192 valence electrons. The fourth-order valence-corrected chi connectivity index (χ4v) is 8.62. The summed E-state index contributed by atoms with van der Waals surface area (Å²) in [4.78, 5) is 2.69. The molecule has 7 aromatic rings. The zero-order valence-electron chi connectivity index (χ0n) is 22.7. The van der Waals surface area contributed by atoms with E-state index >= 15 is 0 Å². The van der Waals surface area contributed by atoms with Crippen LogP contribution >= 0.6 is 11.8 Å². The van der Waals surface area contributed by atoms with Gasteiger partial charge in [-0.25, -0.2) is 0 Å². The minimum Gasteiger partial charge on any atom is -0.0881 e. The van der Waals surface area contributed by atoms with Crippen LogP contribution < -0.4 is 0 Å². The van der Waals surface area contributed by atoms with Crippen LogP contribution in [0.15, 0.2) is 149 Å². The van der Waals surface area contributed by atoms with Crippen molar-refractivity contribution >= 4 is 33.3 Å². The Balaban J connectivity index is 1.33. The maximum absolute atomic E-state index is 2.48. The predicted octanol–water partition coefficient (Wildman–Crippen LogP) is 11.1. The van der Waals surface area contributed by atoms with Gasteiger partial charge in [-0.15, -0.1) is 0 Å². The summed E-state index contributed by atoms with van der Waals surface area (Å²) < 4.78 is 0. The first-order valence-corrected chi connectivity index (χ1v) is 15.1. The Bertz CT molecular complexity index is 2190. The molecule has 1 atom stereocenters. The van der Waals surface area contributed by atoms with Crippen molar-refractivity contribution in [2.45, 2.75) is 22.1 Å². The zero-order chi connectivity index (χ0) is 27.1. The second kappa shape index (κ2) is 8.46. The molecule has 0 bridgehead atoms. The molecule has 1 unspecified atom stereocenters. The smallest absolute Gasteiger partial charge is 0.0435 e. The molecule has 1 heteroatoms. The third-order valence-electron chi connectivity index (χ3n) is 9.34. The van der Waals surface area contributed by atoms with Crippen LogP contribution in [0, 0.1) is 0 Å². The molecule has 0 nitrogen and oxygen atoms in total. The number of hydrogen-bond donors (Lipinski definition) is 0. The van der Waals surface area contributed by atoms with Crippen LogP contribution in [0.4, 0.5) is 0 Å². The van der Waals surface area contributed by atoms with E-state index in [1.54, 1.807) is 0 Å². The maximum Gasteiger partial charge on any atom is 0.0435 e. The monoisotopic (exact) mass is 538 g/mol. The second-order valence-corrected chi connectivity index (χ2v) is 12.5. The fraction of sp³-hybridized carbons (Fsp3) is 0.0500. The largest absolute Gasteiger partial charge is 0.0881 e. The van der Waals surface area contributed by atoms with Gasteiger partial charge in [-0.2, -0.15) is 0 Å². The third-order valence-corrected chi connectivity index (χ3v) is 10.5. The molecular formula is C40H26S. The highest BCUT2D eigenvalue weighted by atomic mass is 32.2. The molecule has 0 amide bonds. The van der Waals surface area contributed by atoms with Gasteiger partial charge < -0.3 is 0 Å². The number of fused-ring (bicyclic) bond motifs is 7. The Morgan fingerprint density at radius 2 is 1.24 bits per heavy atom. The van der Waals surface area contributed by atoms with Crippen LogP contribution in [0.3, 0.4) is 0 Å². The van der Waals surface area contributed by atoms with Crippen LogP contribution in [-0.4, -0.2) is 0 Å². The lowest BCUT2D eigenvalue weighted by Gasteiger charge is -2.29. The minimum atomic E-state index is -0.245. The Labute approximate surface area is 244 Å². The molecule has 0 fully saturated rings. The molecule has 0 saturated carbocycles. The highest BCUT2D eigenvalue weighted by molar-refractivity contribution is 8.00. The van der Waals surface area contributed by atoms with Crippen LogP contribution in [0.25, 0.3) is 54.9 Å². The first-order chi connectivity index (χ1) is 20.2. The maximum atomic E-state index is 2.48. The van der Waals surface area contributed by atoms with E-state index in [0.29, 0.717) is 0 Å². The van der Waals surface area contributed by atoms with Crippen molar-refractivity contribution in [3.8, 4) is 33.4 Å². The molecule has 1 aliphatic carbocycles. The quantitative estimate of drug-likeness (QED) is 0.211. The molecule has 1 heterocycles. The predicted molar refractivity (Wildman–Crippen MR) is 174 cm³/mol. The highest BCUT2D eigenvalue weighted by Gasteiger charge is 2.41. The first kappa shape index (κ1) is 23.1. The lowest BCUT2D eigenvalue weighted by atomic mass is 9.73. The zero-order valence-corrected chi connectivity index (χ0v) is 23.5. The van der Waals surface area contributed by atoms with E-state index in [9.17, 15) is 0 Å². The summed E-state index contributed by atoms with van der Waals surface area (Å²) in [5.41, 5.74) is 11.8. The van der Waals surface area contributed by atoms with E-state index in [4.69, 9.17) is 0 Å². The molecule has 0 saturated heterocycles. The average Bonchev–Trinajstić information content (AvgIpc) is 3.30. The van der Waals surface area contributed by atoms with E-state index in [0.717, 1.165) is 0 Å². The Hall–Kier alpha value is -4.59. The van der Waals surface area contributed by atoms with E-state index < -0.39 is 0 Å². The number of rotatable bonds is 2. The van der Waals surface area contributed by atoms with E-state index in [2.05, 4.69) is 146 Å². The van der Waals surface area contributed by atoms with Gasteiger partial charge in [0.1, 0.15) is 0 Å². The van der Waals surface area contributed by atoms with Gasteiger partial charge >= 0.3 is 0 Å². The van der Waals surface area contributed by atoms with Crippen molar-refractivity contribution in [2.75, 3.05) is 0 Å². The third kappa shape index (κ3) is 3.13. The summed E-state index contributed by atoms with van der Waals surface area (Å²) in [6, 6.07) is 51.9.